The largest absolute Gasteiger partial charge is 0.390 e. The Morgan fingerprint density at radius 1 is 0.646 bits per heavy atom. The summed E-state index contributed by atoms with van der Waals surface area (Å²) >= 11 is 0. The number of hydrogen-bond acceptors (Lipinski definition) is 15. The van der Waals surface area contributed by atoms with Crippen molar-refractivity contribution in [2.75, 3.05) is 18.1 Å². The lowest BCUT2D eigenvalue weighted by Gasteiger charge is -2.48. The fraction of sp³-hybridized carbons (Fsp3) is 1.00. The van der Waals surface area contributed by atoms with Crippen LogP contribution in [-0.2, 0) is 28.8 Å². The van der Waals surface area contributed by atoms with Crippen LogP contribution in [0.1, 0.15) is 96.8 Å². The molecule has 0 bridgehead atoms. The van der Waals surface area contributed by atoms with Gasteiger partial charge < -0.3 is 68.0 Å². The van der Waals surface area contributed by atoms with Crippen LogP contribution in [0.15, 0.2) is 0 Å². The summed E-state index contributed by atoms with van der Waals surface area (Å²) in [6, 6.07) is -3.57. The molecule has 0 amide bonds. The minimum Gasteiger partial charge on any atom is -0.390 e. The van der Waals surface area contributed by atoms with Crippen LogP contribution in [0.3, 0.4) is 0 Å². The first-order valence-electron chi connectivity index (χ1n) is 18.1. The molecule has 2 saturated heterocycles. The van der Waals surface area contributed by atoms with Gasteiger partial charge in [-0.25, -0.2) is 8.42 Å². The Morgan fingerprint density at radius 2 is 1.15 bits per heavy atom. The van der Waals surface area contributed by atoms with Crippen molar-refractivity contribution in [3.63, 3.8) is 0 Å². The highest BCUT2D eigenvalue weighted by molar-refractivity contribution is 7.91. The second-order valence-corrected chi connectivity index (χ2v) is 16.3. The molecule has 284 valence electrons. The summed E-state index contributed by atoms with van der Waals surface area (Å²) in [5, 5.41) is 43.0. The topological polar surface area (TPSA) is 282 Å². The van der Waals surface area contributed by atoms with Gasteiger partial charge in [-0.15, -0.1) is 0 Å². The molecule has 1 saturated carbocycles. The van der Waals surface area contributed by atoms with E-state index in [1.807, 2.05) is 0 Å². The fourth-order valence-corrected chi connectivity index (χ4v) is 8.50. The van der Waals surface area contributed by atoms with Crippen molar-refractivity contribution in [3.8, 4) is 0 Å². The smallest absolute Gasteiger partial charge is 0.186 e. The van der Waals surface area contributed by atoms with E-state index >= 15 is 0 Å². The summed E-state index contributed by atoms with van der Waals surface area (Å²) in [6.07, 6.45) is 1.65. The fourth-order valence-electron chi connectivity index (χ4n) is 6.91. The van der Waals surface area contributed by atoms with E-state index in [1.54, 1.807) is 0 Å². The van der Waals surface area contributed by atoms with Gasteiger partial charge in [-0.3, -0.25) is 0 Å². The Hall–Kier alpha value is -0.570. The normalized spacial score (nSPS) is 39.5. The van der Waals surface area contributed by atoms with E-state index in [1.165, 1.54) is 44.9 Å². The number of aliphatic hydroxyl groups excluding tert-OH is 4. The van der Waals surface area contributed by atoms with Gasteiger partial charge >= 0.3 is 0 Å². The SMILES string of the molecule is CCCCCCCCCCCCCCS(=O)(=O)C[C@H]1O[C@H](O[C@@H]2[C@@H](O)[C@H](O[C@H]3O[C@H](CN)[C@@H](O)C[C@H]3N)[C@@H](N)C[C@H]2N)[C@H](O)[C@@H](N)[C@@H]1O. The summed E-state index contributed by atoms with van der Waals surface area (Å²) in [6.45, 7) is 2.25. The van der Waals surface area contributed by atoms with Gasteiger partial charge in [0.1, 0.15) is 30.5 Å². The van der Waals surface area contributed by atoms with Gasteiger partial charge in [0, 0.05) is 18.6 Å². The third-order valence-corrected chi connectivity index (χ3v) is 11.7. The third-order valence-electron chi connectivity index (χ3n) is 9.96. The molecule has 3 rings (SSSR count). The van der Waals surface area contributed by atoms with Gasteiger partial charge in [0.25, 0.3) is 0 Å². The zero-order valence-corrected chi connectivity index (χ0v) is 29.5. The third kappa shape index (κ3) is 12.3. The molecule has 3 fully saturated rings. The Kier molecular flexibility index (Phi) is 17.8. The van der Waals surface area contributed by atoms with Gasteiger partial charge in [-0.05, 0) is 19.3 Å². The Bertz CT molecular complexity index is 1020. The lowest BCUT2D eigenvalue weighted by molar-refractivity contribution is -0.310. The van der Waals surface area contributed by atoms with Gasteiger partial charge in [0.05, 0.1) is 41.9 Å². The summed E-state index contributed by atoms with van der Waals surface area (Å²) in [4.78, 5) is 0. The maximum atomic E-state index is 13.0. The number of nitrogens with two attached hydrogens (primary N) is 5. The molecule has 0 unspecified atom stereocenters. The van der Waals surface area contributed by atoms with Crippen molar-refractivity contribution in [2.45, 2.75) is 182 Å². The van der Waals surface area contributed by atoms with Crippen molar-refractivity contribution in [1.29, 1.82) is 0 Å². The first kappa shape index (κ1) is 41.8. The van der Waals surface area contributed by atoms with Crippen molar-refractivity contribution >= 4 is 9.84 Å². The van der Waals surface area contributed by atoms with Crippen LogP contribution in [0.2, 0.25) is 0 Å². The van der Waals surface area contributed by atoms with E-state index in [4.69, 9.17) is 47.6 Å². The van der Waals surface area contributed by atoms with Crippen LogP contribution < -0.4 is 28.7 Å². The van der Waals surface area contributed by atoms with Crippen molar-refractivity contribution in [3.05, 3.63) is 0 Å². The predicted molar refractivity (Wildman–Crippen MR) is 181 cm³/mol. The minimum atomic E-state index is -3.63. The highest BCUT2D eigenvalue weighted by atomic mass is 32.2. The van der Waals surface area contributed by atoms with E-state index in [0.717, 1.165) is 25.7 Å². The van der Waals surface area contributed by atoms with Gasteiger partial charge in [-0.1, -0.05) is 77.6 Å². The molecule has 14 N–H and O–H groups in total. The zero-order chi connectivity index (χ0) is 35.4. The van der Waals surface area contributed by atoms with E-state index in [2.05, 4.69) is 6.92 Å². The summed E-state index contributed by atoms with van der Waals surface area (Å²) in [5.74, 6) is -0.565. The molecule has 1 aliphatic carbocycles. The van der Waals surface area contributed by atoms with E-state index in [-0.39, 0.29) is 25.1 Å². The molecule has 0 aromatic carbocycles. The highest BCUT2D eigenvalue weighted by Crippen LogP contribution is 2.31. The summed E-state index contributed by atoms with van der Waals surface area (Å²) in [7, 11) is -3.63. The summed E-state index contributed by atoms with van der Waals surface area (Å²) < 4.78 is 49.5. The number of aliphatic hydroxyl groups is 4. The second kappa shape index (κ2) is 20.5. The molecule has 3 aliphatic rings. The molecular weight excluding hydrogens is 646 g/mol. The Balaban J connectivity index is 1.50. The number of rotatable bonds is 20. The number of unbranched alkanes of at least 4 members (excludes halogenated alkanes) is 11. The zero-order valence-electron chi connectivity index (χ0n) is 28.6. The first-order valence-corrected chi connectivity index (χ1v) is 19.9. The van der Waals surface area contributed by atoms with E-state index in [9.17, 15) is 28.8 Å². The maximum Gasteiger partial charge on any atom is 0.186 e. The van der Waals surface area contributed by atoms with Crippen LogP contribution in [-0.4, -0.2) is 132 Å². The molecule has 16 heteroatoms. The van der Waals surface area contributed by atoms with Gasteiger partial charge in [0.15, 0.2) is 22.4 Å². The lowest BCUT2D eigenvalue weighted by atomic mass is 9.84. The van der Waals surface area contributed by atoms with Crippen molar-refractivity contribution < 1.29 is 47.8 Å². The number of sulfone groups is 1. The lowest BCUT2D eigenvalue weighted by Crippen LogP contribution is -2.68. The van der Waals surface area contributed by atoms with Gasteiger partial charge in [-0.2, -0.15) is 0 Å². The molecule has 0 radical (unpaired) electrons. The molecule has 2 heterocycles. The van der Waals surface area contributed by atoms with Crippen molar-refractivity contribution in [1.82, 2.24) is 0 Å². The monoisotopic (exact) mass is 711 g/mol. The van der Waals surface area contributed by atoms with E-state index in [0.29, 0.717) is 6.42 Å². The molecular formula is C32H65N5O10S. The van der Waals surface area contributed by atoms with Crippen LogP contribution >= 0.6 is 0 Å². The van der Waals surface area contributed by atoms with E-state index < -0.39 is 101 Å². The predicted octanol–water partition coefficient (Wildman–Crippen LogP) is -1.17. The molecule has 0 aromatic heterocycles. The average Bonchev–Trinajstić information content (AvgIpc) is 3.03. The quantitative estimate of drug-likeness (QED) is 0.0673. The van der Waals surface area contributed by atoms with Crippen LogP contribution in [0, 0.1) is 0 Å². The summed E-state index contributed by atoms with van der Waals surface area (Å²) in [5.41, 5.74) is 30.5. The minimum absolute atomic E-state index is 0.0306. The van der Waals surface area contributed by atoms with Crippen molar-refractivity contribution in [2.24, 2.45) is 28.7 Å². The molecule has 48 heavy (non-hydrogen) atoms. The molecule has 14 atom stereocenters. The average molecular weight is 712 g/mol. The molecule has 0 aromatic rings. The standard InChI is InChI=1S/C32H65N5O10S/c1-2-3-4-5-6-7-8-9-10-11-12-13-14-48(42,43)18-24-26(39)25(37)27(40)32(45-24)47-30-20(35)15-19(34)29(28(30)41)46-31-21(36)16-22(38)23(17-33)44-31/h19-32,38-41H,2-18,33-37H2,1H3/t19-,20+,21+,22-,23+,24+,25-,26+,27+,28-,29+,30-,31+,32+/m0/s1. The van der Waals surface area contributed by atoms with Gasteiger partial charge in [0.2, 0.25) is 0 Å². The number of hydrogen-bond donors (Lipinski definition) is 9. The van der Waals surface area contributed by atoms with Crippen LogP contribution in [0.25, 0.3) is 0 Å². The maximum absolute atomic E-state index is 13.0. The molecule has 2 aliphatic heterocycles. The second-order valence-electron chi connectivity index (χ2n) is 14.1. The van der Waals surface area contributed by atoms with Crippen LogP contribution in [0.5, 0.6) is 0 Å². The molecule has 15 nitrogen and oxygen atoms in total. The first-order chi connectivity index (χ1) is 22.8. The Labute approximate surface area is 286 Å². The number of ether oxygens (including phenoxy) is 4. The Morgan fingerprint density at radius 3 is 1.69 bits per heavy atom. The highest BCUT2D eigenvalue weighted by Gasteiger charge is 2.50. The molecule has 0 spiro atoms. The van der Waals surface area contributed by atoms with Crippen LogP contribution in [0.4, 0.5) is 0 Å².